The number of nitrogens with zero attached hydrogens (tertiary/aromatic N) is 6. The average molecular weight is 262 g/mol. The second-order valence-electron chi connectivity index (χ2n) is 4.78. The number of aromatic nitrogens is 6. The summed E-state index contributed by atoms with van der Waals surface area (Å²) >= 11 is 0. The number of aromatic carboxylic acids is 1. The smallest absolute Gasteiger partial charge is 0.358 e. The maximum Gasteiger partial charge on any atom is 0.358 e. The van der Waals surface area contributed by atoms with Crippen LogP contribution in [0.4, 0.5) is 0 Å². The van der Waals surface area contributed by atoms with Crippen LogP contribution in [0.2, 0.25) is 0 Å². The van der Waals surface area contributed by atoms with Crippen LogP contribution in [0.5, 0.6) is 0 Å². The molecule has 0 bridgehead atoms. The first-order chi connectivity index (χ1) is 9.08. The van der Waals surface area contributed by atoms with Gasteiger partial charge in [-0.15, -0.1) is 15.3 Å². The highest BCUT2D eigenvalue weighted by Gasteiger charge is 2.34. The molecule has 2 heterocycles. The van der Waals surface area contributed by atoms with E-state index in [1.54, 1.807) is 4.68 Å². The molecule has 100 valence electrons. The molecule has 0 aliphatic heterocycles. The maximum atomic E-state index is 11.1. The van der Waals surface area contributed by atoms with Crippen LogP contribution >= 0.6 is 0 Å². The van der Waals surface area contributed by atoms with E-state index in [-0.39, 0.29) is 11.6 Å². The summed E-state index contributed by atoms with van der Waals surface area (Å²) in [7, 11) is 1.87. The lowest BCUT2D eigenvalue weighted by Crippen LogP contribution is -2.12. The lowest BCUT2D eigenvalue weighted by molar-refractivity contribution is 0.0689. The largest absolute Gasteiger partial charge is 0.476 e. The van der Waals surface area contributed by atoms with Gasteiger partial charge in [-0.25, -0.2) is 9.48 Å². The summed E-state index contributed by atoms with van der Waals surface area (Å²) in [5, 5.41) is 24.9. The van der Waals surface area contributed by atoms with E-state index < -0.39 is 5.97 Å². The summed E-state index contributed by atoms with van der Waals surface area (Å²) in [5.41, 5.74) is 0.759. The lowest BCUT2D eigenvalue weighted by atomic mass is 10.2. The Balaban J connectivity index is 1.97. The van der Waals surface area contributed by atoms with Gasteiger partial charge in [-0.05, 0) is 19.8 Å². The van der Waals surface area contributed by atoms with Gasteiger partial charge in [0.25, 0.3) is 0 Å². The molecule has 0 aromatic carbocycles. The average Bonchev–Trinajstić information content (AvgIpc) is 3.06. The van der Waals surface area contributed by atoms with Crippen LogP contribution < -0.4 is 0 Å². The minimum absolute atomic E-state index is 0.0568. The summed E-state index contributed by atoms with van der Waals surface area (Å²) in [6.45, 7) is 2.26. The van der Waals surface area contributed by atoms with Gasteiger partial charge in [0.1, 0.15) is 12.4 Å². The molecule has 1 saturated carbocycles. The van der Waals surface area contributed by atoms with Crippen molar-refractivity contribution < 1.29 is 9.90 Å². The van der Waals surface area contributed by atoms with Gasteiger partial charge >= 0.3 is 5.97 Å². The van der Waals surface area contributed by atoms with Crippen molar-refractivity contribution in [2.24, 2.45) is 7.05 Å². The fourth-order valence-electron chi connectivity index (χ4n) is 2.07. The Morgan fingerprint density at radius 2 is 2.11 bits per heavy atom. The Kier molecular flexibility index (Phi) is 2.58. The molecule has 0 radical (unpaired) electrons. The lowest BCUT2D eigenvalue weighted by Gasteiger charge is -2.05. The molecule has 1 aliphatic carbocycles. The van der Waals surface area contributed by atoms with Gasteiger partial charge in [0.15, 0.2) is 11.5 Å². The van der Waals surface area contributed by atoms with Crippen LogP contribution in [-0.4, -0.2) is 40.8 Å². The number of hydrogen-bond donors (Lipinski definition) is 1. The van der Waals surface area contributed by atoms with Crippen molar-refractivity contribution in [3.05, 3.63) is 23.0 Å². The van der Waals surface area contributed by atoms with E-state index in [1.807, 2.05) is 18.5 Å². The third kappa shape index (κ3) is 1.98. The molecule has 19 heavy (non-hydrogen) atoms. The predicted octanol–water partition coefficient (Wildman–Crippen LogP) is 0.339. The third-order valence-electron chi connectivity index (χ3n) is 3.41. The van der Waals surface area contributed by atoms with E-state index in [2.05, 4.69) is 20.5 Å². The molecule has 0 spiro atoms. The molecule has 8 heteroatoms. The quantitative estimate of drug-likeness (QED) is 0.853. The zero-order chi connectivity index (χ0) is 13.6. The van der Waals surface area contributed by atoms with E-state index in [9.17, 15) is 4.79 Å². The number of carbonyl (C=O) groups is 1. The normalized spacial score (nSPS) is 14.8. The van der Waals surface area contributed by atoms with Crippen LogP contribution in [0.1, 0.15) is 46.6 Å². The van der Waals surface area contributed by atoms with Crippen molar-refractivity contribution >= 4 is 5.97 Å². The molecule has 1 fully saturated rings. The molecule has 0 unspecified atom stereocenters. The molecule has 8 nitrogen and oxygen atoms in total. The topological polar surface area (TPSA) is 98.7 Å². The maximum absolute atomic E-state index is 11.1. The van der Waals surface area contributed by atoms with E-state index in [0.717, 1.165) is 24.5 Å². The molecule has 3 rings (SSSR count). The van der Waals surface area contributed by atoms with E-state index in [4.69, 9.17) is 5.11 Å². The standard InChI is InChI=1S/C11H14N6O2/c1-6-12-13-8(16(6)2)5-17-10(7-3-4-7)9(11(18)19)14-15-17/h7H,3-5H2,1-2H3,(H,18,19). The second-order valence-corrected chi connectivity index (χ2v) is 4.78. The molecular weight excluding hydrogens is 248 g/mol. The van der Waals surface area contributed by atoms with E-state index in [0.29, 0.717) is 12.2 Å². The summed E-state index contributed by atoms with van der Waals surface area (Å²) in [6.07, 6.45) is 1.98. The monoisotopic (exact) mass is 262 g/mol. The SMILES string of the molecule is Cc1nnc(Cn2nnc(C(=O)O)c2C2CC2)n1C. The first-order valence-corrected chi connectivity index (χ1v) is 6.09. The van der Waals surface area contributed by atoms with Crippen molar-refractivity contribution in [2.75, 3.05) is 0 Å². The first kappa shape index (κ1) is 11.8. The number of rotatable bonds is 4. The van der Waals surface area contributed by atoms with Crippen LogP contribution in [0.3, 0.4) is 0 Å². The predicted molar refractivity (Wildman–Crippen MR) is 63.8 cm³/mol. The zero-order valence-corrected chi connectivity index (χ0v) is 10.7. The summed E-state index contributed by atoms with van der Waals surface area (Å²) < 4.78 is 3.49. The van der Waals surface area contributed by atoms with Crippen LogP contribution in [0, 0.1) is 6.92 Å². The van der Waals surface area contributed by atoms with Crippen LogP contribution in [-0.2, 0) is 13.6 Å². The van der Waals surface area contributed by atoms with E-state index >= 15 is 0 Å². The Morgan fingerprint density at radius 1 is 1.37 bits per heavy atom. The first-order valence-electron chi connectivity index (χ1n) is 6.09. The third-order valence-corrected chi connectivity index (χ3v) is 3.41. The van der Waals surface area contributed by atoms with Crippen molar-refractivity contribution in [3.8, 4) is 0 Å². The van der Waals surface area contributed by atoms with Gasteiger partial charge in [0.2, 0.25) is 0 Å². The fourth-order valence-corrected chi connectivity index (χ4v) is 2.07. The summed E-state index contributed by atoms with van der Waals surface area (Å²) in [5.74, 6) is 0.778. The number of carboxylic acids is 1. The van der Waals surface area contributed by atoms with E-state index in [1.165, 1.54) is 0 Å². The van der Waals surface area contributed by atoms with Gasteiger partial charge in [-0.2, -0.15) is 0 Å². The van der Waals surface area contributed by atoms with Crippen LogP contribution in [0.15, 0.2) is 0 Å². The molecule has 1 aliphatic rings. The van der Waals surface area contributed by atoms with Crippen molar-refractivity contribution in [3.63, 3.8) is 0 Å². The Bertz CT molecular complexity index is 640. The minimum Gasteiger partial charge on any atom is -0.476 e. The van der Waals surface area contributed by atoms with Gasteiger partial charge < -0.3 is 9.67 Å². The molecule has 2 aromatic heterocycles. The number of hydrogen-bond acceptors (Lipinski definition) is 5. The molecule has 0 saturated heterocycles. The zero-order valence-electron chi connectivity index (χ0n) is 10.7. The van der Waals surface area contributed by atoms with Gasteiger partial charge in [0.05, 0.1) is 5.69 Å². The highest BCUT2D eigenvalue weighted by molar-refractivity contribution is 5.86. The van der Waals surface area contributed by atoms with Crippen LogP contribution in [0.25, 0.3) is 0 Å². The second kappa shape index (κ2) is 4.15. The van der Waals surface area contributed by atoms with Crippen molar-refractivity contribution in [1.29, 1.82) is 0 Å². The number of aryl methyl sites for hydroxylation is 1. The molecule has 0 amide bonds. The molecule has 1 N–H and O–H groups in total. The van der Waals surface area contributed by atoms with Crippen molar-refractivity contribution in [1.82, 2.24) is 29.8 Å². The molecule has 0 atom stereocenters. The summed E-state index contributed by atoms with van der Waals surface area (Å²) in [6, 6.07) is 0. The van der Waals surface area contributed by atoms with Gasteiger partial charge in [0, 0.05) is 13.0 Å². The number of carboxylic acid groups (broad SMARTS) is 1. The molecule has 2 aromatic rings. The highest BCUT2D eigenvalue weighted by Crippen LogP contribution is 2.41. The Labute approximate surface area is 109 Å². The Hall–Kier alpha value is -2.25. The summed E-state index contributed by atoms with van der Waals surface area (Å²) in [4.78, 5) is 11.1. The van der Waals surface area contributed by atoms with Gasteiger partial charge in [-0.1, -0.05) is 5.21 Å². The fraction of sp³-hybridized carbons (Fsp3) is 0.545. The highest BCUT2D eigenvalue weighted by atomic mass is 16.4. The molecular formula is C11H14N6O2. The van der Waals surface area contributed by atoms with Gasteiger partial charge in [-0.3, -0.25) is 0 Å². The van der Waals surface area contributed by atoms with Crippen molar-refractivity contribution in [2.45, 2.75) is 32.2 Å². The minimum atomic E-state index is -1.03. The Morgan fingerprint density at radius 3 is 2.63 bits per heavy atom.